The summed E-state index contributed by atoms with van der Waals surface area (Å²) in [6.45, 7) is 19.5. The van der Waals surface area contributed by atoms with Gasteiger partial charge in [-0.3, -0.25) is 9.78 Å². The molecule has 6 heteroatoms. The van der Waals surface area contributed by atoms with Gasteiger partial charge in [0.2, 0.25) is 0 Å². The van der Waals surface area contributed by atoms with Crippen LogP contribution < -0.4 is 0 Å². The molecule has 273 valence electrons. The number of carbonyl (C=O) groups is 1. The molecule has 3 aromatic carbocycles. The Labute approximate surface area is 323 Å². The molecule has 0 atom stereocenters. The molecule has 6 rings (SSSR count). The molecule has 0 fully saturated rings. The third-order valence-electron chi connectivity index (χ3n) is 10.2. The zero-order chi connectivity index (χ0) is 36.2. The van der Waals surface area contributed by atoms with E-state index in [0.29, 0.717) is 5.92 Å². The summed E-state index contributed by atoms with van der Waals surface area (Å²) in [6, 6.07) is 21.7. The van der Waals surface area contributed by atoms with E-state index in [9.17, 15) is 9.90 Å². The van der Waals surface area contributed by atoms with Crippen molar-refractivity contribution < 1.29 is 30.0 Å². The number of aliphatic hydroxyl groups excluding tert-OH is 1. The maximum atomic E-state index is 11.7. The van der Waals surface area contributed by atoms with Gasteiger partial charge in [-0.05, 0) is 78.5 Å². The van der Waals surface area contributed by atoms with E-state index in [0.717, 1.165) is 66.4 Å². The third kappa shape index (κ3) is 9.07. The van der Waals surface area contributed by atoms with Crippen LogP contribution in [0.15, 0.2) is 66.7 Å². The van der Waals surface area contributed by atoms with E-state index in [1.807, 2.05) is 39.0 Å². The number of hydrogen-bond acceptors (Lipinski definition) is 5. The number of aliphatic hydroxyl groups is 1. The zero-order valence-corrected chi connectivity index (χ0v) is 35.2. The molecule has 0 bridgehead atoms. The van der Waals surface area contributed by atoms with Gasteiger partial charge < -0.3 is 5.11 Å². The second kappa shape index (κ2) is 17.6. The number of rotatable bonds is 10. The van der Waals surface area contributed by atoms with Crippen LogP contribution in [0.4, 0.5) is 0 Å². The van der Waals surface area contributed by atoms with Gasteiger partial charge in [0.25, 0.3) is 0 Å². The summed E-state index contributed by atoms with van der Waals surface area (Å²) in [6.07, 6.45) is 9.85. The van der Waals surface area contributed by atoms with Crippen LogP contribution in [-0.4, -0.2) is 20.9 Å². The number of thiophene rings is 1. The smallest absolute Gasteiger partial charge is 0.162 e. The Kier molecular flexibility index (Phi) is 14.0. The second-order valence-corrected chi connectivity index (χ2v) is 16.3. The molecule has 1 radical (unpaired) electrons. The molecule has 5 aromatic rings. The second-order valence-electron chi connectivity index (χ2n) is 15.3. The topological polar surface area (TPSA) is 63.1 Å². The van der Waals surface area contributed by atoms with Crippen LogP contribution in [0.3, 0.4) is 0 Å². The fourth-order valence-electron chi connectivity index (χ4n) is 7.32. The molecule has 2 aromatic heterocycles. The van der Waals surface area contributed by atoms with E-state index in [-0.39, 0.29) is 48.9 Å². The van der Waals surface area contributed by atoms with Crippen molar-refractivity contribution in [2.75, 3.05) is 0 Å². The summed E-state index contributed by atoms with van der Waals surface area (Å²) in [4.78, 5) is 23.8. The molecule has 0 saturated heterocycles. The SMILES string of the molecule is CC(C)Cc1ccc2c(c1)-c1sc3ncnc(-c4[c-]c5ccccc5c(C(C)(C)C)c4)c3c1CC2.CCC(CC)C(=O)/C=C(\O)C(CC)CC.[Ir]. The number of aryl methyl sites for hydroxylation is 2. The molecule has 0 spiro atoms. The maximum Gasteiger partial charge on any atom is 0.162 e. The molecule has 51 heavy (non-hydrogen) atoms. The van der Waals surface area contributed by atoms with Gasteiger partial charge in [0.05, 0.1) is 5.76 Å². The number of aromatic nitrogens is 2. The summed E-state index contributed by atoms with van der Waals surface area (Å²) in [5.41, 5.74) is 9.14. The van der Waals surface area contributed by atoms with E-state index in [1.54, 1.807) is 6.33 Å². The van der Waals surface area contributed by atoms with Gasteiger partial charge in [-0.25, -0.2) is 4.98 Å². The van der Waals surface area contributed by atoms with Gasteiger partial charge in [0.1, 0.15) is 11.2 Å². The van der Waals surface area contributed by atoms with Gasteiger partial charge in [-0.1, -0.05) is 110 Å². The first kappa shape index (κ1) is 40.6. The molecule has 4 nitrogen and oxygen atoms in total. The monoisotopic (exact) mass is 880 g/mol. The minimum atomic E-state index is 0. The average molecular weight is 880 g/mol. The predicted molar refractivity (Wildman–Crippen MR) is 213 cm³/mol. The quantitative estimate of drug-likeness (QED) is 0.0862. The summed E-state index contributed by atoms with van der Waals surface area (Å²) < 4.78 is 0. The molecule has 1 aliphatic rings. The normalized spacial score (nSPS) is 12.9. The minimum absolute atomic E-state index is 0. The zero-order valence-electron chi connectivity index (χ0n) is 31.9. The van der Waals surface area contributed by atoms with Crippen molar-refractivity contribution in [3.05, 3.63) is 95.0 Å². The first-order valence-corrected chi connectivity index (χ1v) is 19.5. The minimum Gasteiger partial charge on any atom is -0.512 e. The van der Waals surface area contributed by atoms with Gasteiger partial charge in [0, 0.05) is 54.0 Å². The number of carbonyl (C=O) groups excluding carboxylic acids is 1. The van der Waals surface area contributed by atoms with Crippen LogP contribution in [0.25, 0.3) is 42.7 Å². The van der Waals surface area contributed by atoms with E-state index in [1.165, 1.54) is 49.5 Å². The summed E-state index contributed by atoms with van der Waals surface area (Å²) in [5, 5.41) is 13.4. The van der Waals surface area contributed by atoms with Crippen molar-refractivity contribution in [3.8, 4) is 21.7 Å². The van der Waals surface area contributed by atoms with Crippen LogP contribution in [0.5, 0.6) is 0 Å². The molecule has 0 saturated carbocycles. The molecule has 0 unspecified atom stereocenters. The number of fused-ring (bicyclic) bond motifs is 6. The van der Waals surface area contributed by atoms with E-state index in [4.69, 9.17) is 9.97 Å². The van der Waals surface area contributed by atoms with Crippen molar-refractivity contribution in [1.29, 1.82) is 0 Å². The first-order valence-electron chi connectivity index (χ1n) is 18.7. The Morgan fingerprint density at radius 1 is 0.941 bits per heavy atom. The predicted octanol–water partition coefficient (Wildman–Crippen LogP) is 12.4. The summed E-state index contributed by atoms with van der Waals surface area (Å²) in [5.74, 6) is 1.20. The Hall–Kier alpha value is -3.18. The molecule has 2 heterocycles. The molecular weight excluding hydrogens is 825 g/mol. The van der Waals surface area contributed by atoms with Crippen molar-refractivity contribution in [2.24, 2.45) is 17.8 Å². The molecule has 1 aliphatic carbocycles. The fourth-order valence-corrected chi connectivity index (χ4v) is 8.56. The van der Waals surface area contributed by atoms with Gasteiger partial charge in [-0.15, -0.1) is 40.5 Å². The Morgan fingerprint density at radius 2 is 1.63 bits per heavy atom. The molecular formula is C45H55IrN2O2S-. The Bertz CT molecular complexity index is 1990. The first-order chi connectivity index (χ1) is 23.9. The summed E-state index contributed by atoms with van der Waals surface area (Å²) >= 11 is 1.83. The van der Waals surface area contributed by atoms with Crippen molar-refractivity contribution in [3.63, 3.8) is 0 Å². The number of allylic oxidation sites excluding steroid dienone is 2. The van der Waals surface area contributed by atoms with Crippen molar-refractivity contribution in [2.45, 2.75) is 113 Å². The number of nitrogens with zero attached hydrogens (tertiary/aromatic N) is 2. The standard InChI is InChI=1S/C32H31N2S.C13H24O2.Ir/c1-19(2)14-20-10-11-21-12-13-25-28-29(33-18-34-31(28)35-30(25)26(21)15-20)23-16-22-8-6-7-9-24(22)27(17-23)32(3,4)5;1-5-10(6-2)12(14)9-13(15)11(7-3)8-4;/h6-11,15,17-19H,12-14H2,1-5H3;9-11,14H,5-8H2,1-4H3;/q-1;;/b;12-9-;. The van der Waals surface area contributed by atoms with Crippen molar-refractivity contribution in [1.82, 2.24) is 9.97 Å². The Morgan fingerprint density at radius 3 is 2.27 bits per heavy atom. The average Bonchev–Trinajstić information content (AvgIpc) is 3.48. The van der Waals surface area contributed by atoms with Gasteiger partial charge in [0.15, 0.2) is 5.78 Å². The number of hydrogen-bond donors (Lipinski definition) is 1. The van der Waals surface area contributed by atoms with Gasteiger partial charge >= 0.3 is 0 Å². The fraction of sp³-hybridized carbons (Fsp3) is 0.444. The van der Waals surface area contributed by atoms with Crippen LogP contribution in [0.1, 0.15) is 110 Å². The third-order valence-corrected chi connectivity index (χ3v) is 11.4. The van der Waals surface area contributed by atoms with Crippen LogP contribution in [-0.2, 0) is 49.6 Å². The Balaban J connectivity index is 0.000000312. The number of ketones is 1. The maximum absolute atomic E-state index is 11.7. The van der Waals surface area contributed by atoms with Crippen LogP contribution in [0.2, 0.25) is 0 Å². The van der Waals surface area contributed by atoms with Crippen molar-refractivity contribution >= 4 is 38.1 Å². The van der Waals surface area contributed by atoms with Crippen LogP contribution in [0, 0.1) is 23.8 Å². The van der Waals surface area contributed by atoms with Crippen LogP contribution >= 0.6 is 11.3 Å². The largest absolute Gasteiger partial charge is 0.512 e. The van der Waals surface area contributed by atoms with E-state index in [2.05, 4.69) is 89.2 Å². The van der Waals surface area contributed by atoms with E-state index < -0.39 is 0 Å². The molecule has 0 aliphatic heterocycles. The van der Waals surface area contributed by atoms with E-state index >= 15 is 0 Å². The summed E-state index contributed by atoms with van der Waals surface area (Å²) in [7, 11) is 0. The molecule has 0 amide bonds. The van der Waals surface area contributed by atoms with Gasteiger partial charge in [-0.2, -0.15) is 0 Å². The number of benzene rings is 3. The molecule has 1 N–H and O–H groups in total.